The van der Waals surface area contributed by atoms with Crippen molar-refractivity contribution < 1.29 is 9.53 Å². The van der Waals surface area contributed by atoms with Crippen LogP contribution in [0.25, 0.3) is 0 Å². The second-order valence-corrected chi connectivity index (χ2v) is 5.54. The van der Waals surface area contributed by atoms with Crippen LogP contribution >= 0.6 is 0 Å². The molecule has 118 valence electrons. The third-order valence-corrected chi connectivity index (χ3v) is 3.64. The average molecular weight is 307 g/mol. The number of carbonyl (C=O) groups is 1. The normalized spacial score (nSPS) is 10.1. The van der Waals surface area contributed by atoms with E-state index in [1.165, 1.54) is 5.56 Å². The van der Waals surface area contributed by atoms with Crippen molar-refractivity contribution in [3.05, 3.63) is 70.8 Å². The summed E-state index contributed by atoms with van der Waals surface area (Å²) in [6, 6.07) is 17.6. The lowest BCUT2D eigenvalue weighted by molar-refractivity contribution is -0.144. The Labute approximate surface area is 137 Å². The molecule has 2 aromatic carbocycles. The molecule has 0 N–H and O–H groups in total. The van der Waals surface area contributed by atoms with Crippen molar-refractivity contribution >= 4 is 5.97 Å². The summed E-state index contributed by atoms with van der Waals surface area (Å²) >= 11 is 0. The summed E-state index contributed by atoms with van der Waals surface area (Å²) in [4.78, 5) is 11.8. The van der Waals surface area contributed by atoms with Gasteiger partial charge in [0.15, 0.2) is 0 Å². The Kier molecular flexibility index (Phi) is 6.38. The van der Waals surface area contributed by atoms with Crippen molar-refractivity contribution in [1.29, 1.82) is 5.26 Å². The largest absolute Gasteiger partial charge is 0.461 e. The Balaban J connectivity index is 1.77. The topological polar surface area (TPSA) is 50.1 Å². The molecule has 0 aliphatic carbocycles. The molecule has 0 bridgehead atoms. The van der Waals surface area contributed by atoms with E-state index in [9.17, 15) is 4.79 Å². The van der Waals surface area contributed by atoms with E-state index in [1.807, 2.05) is 6.07 Å². The van der Waals surface area contributed by atoms with Gasteiger partial charge in [-0.25, -0.2) is 0 Å². The number of benzene rings is 2. The van der Waals surface area contributed by atoms with Crippen molar-refractivity contribution in [3.8, 4) is 6.07 Å². The Bertz CT molecular complexity index is 684. The maximum absolute atomic E-state index is 11.8. The molecule has 0 atom stereocenters. The minimum atomic E-state index is -0.218. The first-order chi connectivity index (χ1) is 11.2. The molecule has 0 heterocycles. The molecule has 0 radical (unpaired) electrons. The first-order valence-corrected chi connectivity index (χ1v) is 7.93. The lowest BCUT2D eigenvalue weighted by atomic mass is 10.0. The highest BCUT2D eigenvalue weighted by molar-refractivity contribution is 5.69. The fourth-order valence-corrected chi connectivity index (χ4v) is 2.37. The third kappa shape index (κ3) is 5.60. The number of esters is 1. The van der Waals surface area contributed by atoms with E-state index in [1.54, 1.807) is 18.2 Å². The summed E-state index contributed by atoms with van der Waals surface area (Å²) < 4.78 is 5.26. The maximum Gasteiger partial charge on any atom is 0.306 e. The summed E-state index contributed by atoms with van der Waals surface area (Å²) in [7, 11) is 0. The standard InChI is InChI=1S/C20H21NO2/c1-2-4-16-7-9-17(10-8-16)11-12-20(22)23-15-19-6-3-5-18(13-19)14-21/h3,5-10,13H,2,4,11-12,15H2,1H3. The molecule has 2 rings (SSSR count). The first kappa shape index (κ1) is 16.8. The zero-order valence-electron chi connectivity index (χ0n) is 13.4. The van der Waals surface area contributed by atoms with Crippen LogP contribution in [0.4, 0.5) is 0 Å². The second kappa shape index (κ2) is 8.75. The molecule has 23 heavy (non-hydrogen) atoms. The van der Waals surface area contributed by atoms with Gasteiger partial charge in [-0.1, -0.05) is 49.7 Å². The van der Waals surface area contributed by atoms with Crippen LogP contribution in [0, 0.1) is 11.3 Å². The summed E-state index contributed by atoms with van der Waals surface area (Å²) in [5.74, 6) is -0.218. The van der Waals surface area contributed by atoms with Gasteiger partial charge in [0.1, 0.15) is 6.61 Å². The molecule has 3 heteroatoms. The van der Waals surface area contributed by atoms with Crippen LogP contribution in [-0.2, 0) is 29.0 Å². The maximum atomic E-state index is 11.8. The van der Waals surface area contributed by atoms with Crippen molar-refractivity contribution in [3.63, 3.8) is 0 Å². The van der Waals surface area contributed by atoms with Crippen molar-refractivity contribution in [2.75, 3.05) is 0 Å². The van der Waals surface area contributed by atoms with Crippen LogP contribution in [0.5, 0.6) is 0 Å². The molecule has 0 fully saturated rings. The molecular weight excluding hydrogens is 286 g/mol. The summed E-state index contributed by atoms with van der Waals surface area (Å²) in [6.07, 6.45) is 3.28. The number of aryl methyl sites for hydroxylation is 2. The summed E-state index contributed by atoms with van der Waals surface area (Å²) in [5.41, 5.74) is 3.89. The number of rotatable bonds is 7. The minimum Gasteiger partial charge on any atom is -0.461 e. The number of hydrogen-bond acceptors (Lipinski definition) is 3. The fraction of sp³-hybridized carbons (Fsp3) is 0.300. The van der Waals surface area contributed by atoms with Gasteiger partial charge in [0.05, 0.1) is 11.6 Å². The number of nitriles is 1. The highest BCUT2D eigenvalue weighted by Crippen LogP contribution is 2.10. The molecular formula is C20H21NO2. The van der Waals surface area contributed by atoms with Crippen LogP contribution in [0.15, 0.2) is 48.5 Å². The van der Waals surface area contributed by atoms with Gasteiger partial charge in [0.25, 0.3) is 0 Å². The Morgan fingerprint density at radius 3 is 2.39 bits per heavy atom. The van der Waals surface area contributed by atoms with Gasteiger partial charge in [-0.15, -0.1) is 0 Å². The van der Waals surface area contributed by atoms with E-state index < -0.39 is 0 Å². The molecule has 2 aromatic rings. The van der Waals surface area contributed by atoms with E-state index in [4.69, 9.17) is 10.00 Å². The highest BCUT2D eigenvalue weighted by Gasteiger charge is 2.05. The quantitative estimate of drug-likeness (QED) is 0.721. The van der Waals surface area contributed by atoms with Gasteiger partial charge in [0.2, 0.25) is 0 Å². The van der Waals surface area contributed by atoms with Crippen LogP contribution in [0.2, 0.25) is 0 Å². The smallest absolute Gasteiger partial charge is 0.306 e. The van der Waals surface area contributed by atoms with E-state index >= 15 is 0 Å². The van der Waals surface area contributed by atoms with Crippen LogP contribution in [0.3, 0.4) is 0 Å². The zero-order valence-corrected chi connectivity index (χ0v) is 13.4. The Morgan fingerprint density at radius 2 is 1.74 bits per heavy atom. The van der Waals surface area contributed by atoms with Crippen LogP contribution < -0.4 is 0 Å². The Hall–Kier alpha value is -2.60. The summed E-state index contributed by atoms with van der Waals surface area (Å²) in [5, 5.41) is 8.85. The fourth-order valence-electron chi connectivity index (χ4n) is 2.37. The molecule has 0 aromatic heterocycles. The third-order valence-electron chi connectivity index (χ3n) is 3.64. The number of ether oxygens (including phenoxy) is 1. The Morgan fingerprint density at radius 1 is 1.04 bits per heavy atom. The number of nitrogens with zero attached hydrogens (tertiary/aromatic N) is 1. The molecule has 0 unspecified atom stereocenters. The lowest BCUT2D eigenvalue weighted by Crippen LogP contribution is -2.06. The average Bonchev–Trinajstić information content (AvgIpc) is 2.60. The van der Waals surface area contributed by atoms with E-state index in [0.29, 0.717) is 18.4 Å². The zero-order chi connectivity index (χ0) is 16.5. The van der Waals surface area contributed by atoms with Gasteiger partial charge < -0.3 is 4.74 Å². The predicted octanol–water partition coefficient (Wildman–Crippen LogP) is 4.19. The van der Waals surface area contributed by atoms with Crippen molar-refractivity contribution in [1.82, 2.24) is 0 Å². The second-order valence-electron chi connectivity index (χ2n) is 5.54. The molecule has 3 nitrogen and oxygen atoms in total. The first-order valence-electron chi connectivity index (χ1n) is 7.93. The lowest BCUT2D eigenvalue weighted by Gasteiger charge is -2.06. The van der Waals surface area contributed by atoms with Gasteiger partial charge in [0, 0.05) is 6.42 Å². The molecule has 0 amide bonds. The molecule has 0 aliphatic heterocycles. The van der Waals surface area contributed by atoms with Crippen LogP contribution in [-0.4, -0.2) is 5.97 Å². The molecule has 0 saturated heterocycles. The monoisotopic (exact) mass is 307 g/mol. The number of hydrogen-bond donors (Lipinski definition) is 0. The van der Waals surface area contributed by atoms with E-state index in [2.05, 4.69) is 37.3 Å². The highest BCUT2D eigenvalue weighted by atomic mass is 16.5. The van der Waals surface area contributed by atoms with Gasteiger partial charge in [-0.3, -0.25) is 4.79 Å². The number of carbonyl (C=O) groups excluding carboxylic acids is 1. The van der Waals surface area contributed by atoms with Gasteiger partial charge >= 0.3 is 5.97 Å². The van der Waals surface area contributed by atoms with E-state index in [0.717, 1.165) is 24.0 Å². The van der Waals surface area contributed by atoms with E-state index in [-0.39, 0.29) is 12.6 Å². The van der Waals surface area contributed by atoms with Gasteiger partial charge in [-0.2, -0.15) is 5.26 Å². The van der Waals surface area contributed by atoms with Crippen molar-refractivity contribution in [2.24, 2.45) is 0 Å². The van der Waals surface area contributed by atoms with Crippen LogP contribution in [0.1, 0.15) is 42.0 Å². The SMILES string of the molecule is CCCc1ccc(CCC(=O)OCc2cccc(C#N)c2)cc1. The van der Waals surface area contributed by atoms with Crippen molar-refractivity contribution in [2.45, 2.75) is 39.2 Å². The van der Waals surface area contributed by atoms with Gasteiger partial charge in [-0.05, 0) is 41.7 Å². The molecule has 0 saturated carbocycles. The minimum absolute atomic E-state index is 0.212. The molecule has 0 spiro atoms. The summed E-state index contributed by atoms with van der Waals surface area (Å²) in [6.45, 7) is 2.38. The molecule has 0 aliphatic rings. The predicted molar refractivity (Wildman–Crippen MR) is 89.7 cm³/mol.